The molecule has 1 aliphatic heterocycles. The highest BCUT2D eigenvalue weighted by Crippen LogP contribution is 2.13. The molecule has 146 valence electrons. The molecule has 6 nitrogen and oxygen atoms in total. The fraction of sp³-hybridized carbons (Fsp3) is 0.650. The molecular formula is C20H33N3O3. The van der Waals surface area contributed by atoms with Crippen LogP contribution in [0.5, 0.6) is 5.75 Å². The molecule has 26 heavy (non-hydrogen) atoms. The number of nitrogens with zero attached hydrogens (tertiary/aromatic N) is 2. The molecule has 1 atom stereocenters. The van der Waals surface area contributed by atoms with Gasteiger partial charge in [0.25, 0.3) is 0 Å². The van der Waals surface area contributed by atoms with Crippen molar-refractivity contribution in [3.8, 4) is 5.75 Å². The van der Waals surface area contributed by atoms with E-state index >= 15 is 0 Å². The molecule has 0 saturated carbocycles. The van der Waals surface area contributed by atoms with Crippen LogP contribution in [0.15, 0.2) is 29.3 Å². The zero-order valence-corrected chi connectivity index (χ0v) is 16.4. The summed E-state index contributed by atoms with van der Waals surface area (Å²) in [5.74, 6) is 2.38. The number of benzene rings is 1. The van der Waals surface area contributed by atoms with Crippen LogP contribution in [-0.4, -0.2) is 64.5 Å². The first kappa shape index (κ1) is 20.5. The van der Waals surface area contributed by atoms with Crippen LogP contribution in [0, 0.1) is 5.92 Å². The molecule has 2 rings (SSSR count). The van der Waals surface area contributed by atoms with E-state index in [2.05, 4.69) is 36.3 Å². The Labute approximate surface area is 157 Å². The molecule has 1 aliphatic rings. The molecule has 1 aromatic rings. The SMILES string of the molecule is CCNC(=NCCCOCC1CCOC1)N(C)Cc1ccc(OC)cc1. The van der Waals surface area contributed by atoms with E-state index in [0.717, 1.165) is 70.6 Å². The van der Waals surface area contributed by atoms with Gasteiger partial charge in [0.05, 0.1) is 20.3 Å². The second kappa shape index (κ2) is 11.8. The normalized spacial score (nSPS) is 17.3. The van der Waals surface area contributed by atoms with Crippen molar-refractivity contribution in [1.82, 2.24) is 10.2 Å². The first-order valence-corrected chi connectivity index (χ1v) is 9.50. The van der Waals surface area contributed by atoms with Gasteiger partial charge in [-0.2, -0.15) is 0 Å². The number of rotatable bonds is 10. The van der Waals surface area contributed by atoms with Crippen molar-refractivity contribution < 1.29 is 14.2 Å². The Morgan fingerprint density at radius 1 is 1.35 bits per heavy atom. The molecule has 0 aromatic heterocycles. The zero-order chi connectivity index (χ0) is 18.6. The van der Waals surface area contributed by atoms with E-state index in [4.69, 9.17) is 19.2 Å². The molecule has 0 bridgehead atoms. The van der Waals surface area contributed by atoms with Gasteiger partial charge in [0, 0.05) is 45.8 Å². The van der Waals surface area contributed by atoms with Gasteiger partial charge < -0.3 is 24.4 Å². The van der Waals surface area contributed by atoms with Gasteiger partial charge >= 0.3 is 0 Å². The number of guanidine groups is 1. The summed E-state index contributed by atoms with van der Waals surface area (Å²) in [6.45, 7) is 7.78. The van der Waals surface area contributed by atoms with Crippen molar-refractivity contribution in [1.29, 1.82) is 0 Å². The summed E-state index contributed by atoms with van der Waals surface area (Å²) in [5.41, 5.74) is 1.22. The van der Waals surface area contributed by atoms with Crippen LogP contribution in [0.3, 0.4) is 0 Å². The van der Waals surface area contributed by atoms with E-state index < -0.39 is 0 Å². The number of nitrogens with one attached hydrogen (secondary N) is 1. The molecule has 1 aromatic carbocycles. The summed E-state index contributed by atoms with van der Waals surface area (Å²) in [6.07, 6.45) is 2.05. The molecule has 1 N–H and O–H groups in total. The van der Waals surface area contributed by atoms with E-state index in [1.54, 1.807) is 7.11 Å². The van der Waals surface area contributed by atoms with Gasteiger partial charge in [-0.15, -0.1) is 0 Å². The van der Waals surface area contributed by atoms with Crippen LogP contribution in [0.1, 0.15) is 25.3 Å². The molecule has 0 radical (unpaired) electrons. The largest absolute Gasteiger partial charge is 0.497 e. The minimum atomic E-state index is 0.575. The lowest BCUT2D eigenvalue weighted by atomic mass is 10.1. The fourth-order valence-corrected chi connectivity index (χ4v) is 2.87. The Morgan fingerprint density at radius 2 is 2.15 bits per heavy atom. The quantitative estimate of drug-likeness (QED) is 0.393. The maximum atomic E-state index is 5.74. The Morgan fingerprint density at radius 3 is 2.81 bits per heavy atom. The number of methoxy groups -OCH3 is 1. The molecule has 1 unspecified atom stereocenters. The highest BCUT2D eigenvalue weighted by Gasteiger charge is 2.15. The first-order valence-electron chi connectivity index (χ1n) is 9.50. The van der Waals surface area contributed by atoms with E-state index in [9.17, 15) is 0 Å². The third-order valence-electron chi connectivity index (χ3n) is 4.36. The maximum Gasteiger partial charge on any atom is 0.193 e. The van der Waals surface area contributed by atoms with Crippen LogP contribution < -0.4 is 10.1 Å². The summed E-state index contributed by atoms with van der Waals surface area (Å²) in [5, 5.41) is 3.35. The fourth-order valence-electron chi connectivity index (χ4n) is 2.87. The summed E-state index contributed by atoms with van der Waals surface area (Å²) in [7, 11) is 3.74. The van der Waals surface area contributed by atoms with E-state index in [1.807, 2.05) is 12.1 Å². The van der Waals surface area contributed by atoms with Gasteiger partial charge in [-0.3, -0.25) is 4.99 Å². The number of hydrogen-bond acceptors (Lipinski definition) is 4. The van der Waals surface area contributed by atoms with E-state index in [-0.39, 0.29) is 0 Å². The van der Waals surface area contributed by atoms with Crippen molar-refractivity contribution in [2.45, 2.75) is 26.3 Å². The molecule has 0 amide bonds. The van der Waals surface area contributed by atoms with Crippen molar-refractivity contribution >= 4 is 5.96 Å². The average Bonchev–Trinajstić information content (AvgIpc) is 3.17. The zero-order valence-electron chi connectivity index (χ0n) is 16.4. The minimum absolute atomic E-state index is 0.575. The average molecular weight is 364 g/mol. The second-order valence-corrected chi connectivity index (χ2v) is 6.60. The number of aliphatic imine (C=N–C) groups is 1. The summed E-state index contributed by atoms with van der Waals surface area (Å²) >= 11 is 0. The van der Waals surface area contributed by atoms with Crippen LogP contribution in [-0.2, 0) is 16.0 Å². The summed E-state index contributed by atoms with van der Waals surface area (Å²) in [4.78, 5) is 6.86. The number of ether oxygens (including phenoxy) is 3. The summed E-state index contributed by atoms with van der Waals surface area (Å²) in [6, 6.07) is 8.14. The first-order chi connectivity index (χ1) is 12.7. The van der Waals surface area contributed by atoms with Gasteiger partial charge in [0.1, 0.15) is 5.75 Å². The minimum Gasteiger partial charge on any atom is -0.497 e. The maximum absolute atomic E-state index is 5.74. The van der Waals surface area contributed by atoms with Crippen molar-refractivity contribution in [3.05, 3.63) is 29.8 Å². The highest BCUT2D eigenvalue weighted by atomic mass is 16.5. The molecule has 1 heterocycles. The van der Waals surface area contributed by atoms with Crippen molar-refractivity contribution in [2.75, 3.05) is 53.7 Å². The van der Waals surface area contributed by atoms with Crippen LogP contribution in [0.4, 0.5) is 0 Å². The third kappa shape index (κ3) is 7.22. The molecule has 0 spiro atoms. The van der Waals surface area contributed by atoms with E-state index in [0.29, 0.717) is 5.92 Å². The van der Waals surface area contributed by atoms with E-state index in [1.165, 1.54) is 5.56 Å². The molecule has 1 fully saturated rings. The Bertz CT molecular complexity index is 528. The third-order valence-corrected chi connectivity index (χ3v) is 4.36. The number of hydrogen-bond donors (Lipinski definition) is 1. The smallest absolute Gasteiger partial charge is 0.193 e. The van der Waals surface area contributed by atoms with Crippen LogP contribution in [0.2, 0.25) is 0 Å². The van der Waals surface area contributed by atoms with Crippen LogP contribution >= 0.6 is 0 Å². The molecule has 0 aliphatic carbocycles. The van der Waals surface area contributed by atoms with Crippen LogP contribution in [0.25, 0.3) is 0 Å². The second-order valence-electron chi connectivity index (χ2n) is 6.60. The Hall–Kier alpha value is -1.79. The van der Waals surface area contributed by atoms with Gasteiger partial charge in [0.15, 0.2) is 5.96 Å². The van der Waals surface area contributed by atoms with Gasteiger partial charge in [-0.1, -0.05) is 12.1 Å². The predicted molar refractivity (Wildman–Crippen MR) is 105 cm³/mol. The van der Waals surface area contributed by atoms with Gasteiger partial charge in [0.2, 0.25) is 0 Å². The topological polar surface area (TPSA) is 55.3 Å². The highest BCUT2D eigenvalue weighted by molar-refractivity contribution is 5.79. The molecular weight excluding hydrogens is 330 g/mol. The predicted octanol–water partition coefficient (Wildman–Crippen LogP) is 2.54. The van der Waals surface area contributed by atoms with Crippen molar-refractivity contribution in [3.63, 3.8) is 0 Å². The standard InChI is InChI=1S/C20H33N3O3/c1-4-21-20(22-11-5-12-25-15-18-10-13-26-16-18)23(2)14-17-6-8-19(24-3)9-7-17/h6-9,18H,4-5,10-16H2,1-3H3,(H,21,22). The summed E-state index contributed by atoms with van der Waals surface area (Å²) < 4.78 is 16.3. The van der Waals surface area contributed by atoms with Gasteiger partial charge in [-0.05, 0) is 37.5 Å². The Balaban J connectivity index is 1.72. The molecule has 1 saturated heterocycles. The lowest BCUT2D eigenvalue weighted by Gasteiger charge is -2.22. The lowest BCUT2D eigenvalue weighted by molar-refractivity contribution is 0.0893. The lowest BCUT2D eigenvalue weighted by Crippen LogP contribution is -2.38. The Kier molecular flexibility index (Phi) is 9.28. The van der Waals surface area contributed by atoms with Gasteiger partial charge in [-0.25, -0.2) is 0 Å². The monoisotopic (exact) mass is 363 g/mol. The van der Waals surface area contributed by atoms with Crippen molar-refractivity contribution in [2.24, 2.45) is 10.9 Å². The molecule has 6 heteroatoms.